The van der Waals surface area contributed by atoms with Crippen LogP contribution < -0.4 is 15.0 Å². The maximum absolute atomic E-state index is 13.0. The number of carbonyl (C=O) groups is 3. The van der Waals surface area contributed by atoms with Crippen LogP contribution in [0, 0.1) is 0 Å². The average Bonchev–Trinajstić information content (AvgIpc) is 2.77. The molecule has 1 aliphatic heterocycles. The summed E-state index contributed by atoms with van der Waals surface area (Å²) in [7, 11) is 0. The van der Waals surface area contributed by atoms with Gasteiger partial charge in [0.15, 0.2) is 0 Å². The molecule has 0 aromatic heterocycles. The highest BCUT2D eigenvalue weighted by molar-refractivity contribution is 9.10. The van der Waals surface area contributed by atoms with Crippen molar-refractivity contribution < 1.29 is 19.1 Å². The summed E-state index contributed by atoms with van der Waals surface area (Å²) in [5, 5.41) is 2.83. The van der Waals surface area contributed by atoms with Crippen molar-refractivity contribution in [2.75, 3.05) is 4.90 Å². The molecule has 3 aromatic rings. The van der Waals surface area contributed by atoms with Crippen LogP contribution in [0.2, 0.25) is 10.0 Å². The number of barbiturate groups is 1. The highest BCUT2D eigenvalue weighted by Crippen LogP contribution is 2.29. The Balaban J connectivity index is 1.56. The van der Waals surface area contributed by atoms with Crippen LogP contribution in [0.3, 0.4) is 0 Å². The molecule has 0 spiro atoms. The van der Waals surface area contributed by atoms with Gasteiger partial charge in [0, 0.05) is 9.50 Å². The number of benzene rings is 3. The molecule has 0 saturated carbocycles. The first-order valence-electron chi connectivity index (χ1n) is 9.65. The molecule has 9 heteroatoms. The molecule has 0 aliphatic carbocycles. The third kappa shape index (κ3) is 5.27. The summed E-state index contributed by atoms with van der Waals surface area (Å²) >= 11 is 15.7. The van der Waals surface area contributed by atoms with Gasteiger partial charge in [0.25, 0.3) is 11.8 Å². The Hall–Kier alpha value is -3.13. The number of hydrogen-bond donors (Lipinski definition) is 1. The van der Waals surface area contributed by atoms with Crippen LogP contribution in [0.1, 0.15) is 11.1 Å². The number of anilines is 1. The monoisotopic (exact) mass is 544 g/mol. The van der Waals surface area contributed by atoms with E-state index in [2.05, 4.69) is 21.2 Å². The first kappa shape index (κ1) is 23.0. The lowest BCUT2D eigenvalue weighted by Gasteiger charge is -2.26. The number of imide groups is 2. The van der Waals surface area contributed by atoms with E-state index < -0.39 is 17.8 Å². The Morgan fingerprint density at radius 3 is 2.42 bits per heavy atom. The van der Waals surface area contributed by atoms with Crippen molar-refractivity contribution in [2.45, 2.75) is 6.61 Å². The molecule has 0 bridgehead atoms. The Kier molecular flexibility index (Phi) is 6.83. The van der Waals surface area contributed by atoms with Crippen LogP contribution in [-0.4, -0.2) is 17.8 Å². The van der Waals surface area contributed by atoms with Gasteiger partial charge in [-0.25, -0.2) is 9.69 Å². The van der Waals surface area contributed by atoms with Crippen LogP contribution in [-0.2, 0) is 16.2 Å². The molecular formula is C24H15BrCl2N2O4. The molecule has 166 valence electrons. The zero-order chi connectivity index (χ0) is 23.5. The quantitative estimate of drug-likeness (QED) is 0.315. The minimum Gasteiger partial charge on any atom is -0.487 e. The Morgan fingerprint density at radius 1 is 0.970 bits per heavy atom. The van der Waals surface area contributed by atoms with Crippen molar-refractivity contribution >= 4 is 68.7 Å². The average molecular weight is 546 g/mol. The number of nitrogens with zero attached hydrogens (tertiary/aromatic N) is 1. The van der Waals surface area contributed by atoms with Crippen LogP contribution in [0.25, 0.3) is 6.08 Å². The van der Waals surface area contributed by atoms with Gasteiger partial charge in [-0.2, -0.15) is 0 Å². The summed E-state index contributed by atoms with van der Waals surface area (Å²) in [6, 6.07) is 18.0. The predicted molar refractivity (Wildman–Crippen MR) is 130 cm³/mol. The van der Waals surface area contributed by atoms with Crippen molar-refractivity contribution in [1.29, 1.82) is 0 Å². The summed E-state index contributed by atoms with van der Waals surface area (Å²) in [5.41, 5.74) is 1.50. The van der Waals surface area contributed by atoms with Gasteiger partial charge in [0.05, 0.1) is 10.7 Å². The molecule has 4 rings (SSSR count). The van der Waals surface area contributed by atoms with Crippen molar-refractivity contribution in [2.24, 2.45) is 0 Å². The summed E-state index contributed by atoms with van der Waals surface area (Å²) < 4.78 is 6.74. The first-order valence-corrected chi connectivity index (χ1v) is 11.2. The summed E-state index contributed by atoms with van der Waals surface area (Å²) in [5.74, 6) is -1.11. The van der Waals surface area contributed by atoms with Gasteiger partial charge in [-0.15, -0.1) is 0 Å². The highest BCUT2D eigenvalue weighted by atomic mass is 79.9. The van der Waals surface area contributed by atoms with E-state index >= 15 is 0 Å². The molecule has 1 aliphatic rings. The smallest absolute Gasteiger partial charge is 0.335 e. The third-order valence-electron chi connectivity index (χ3n) is 4.74. The Morgan fingerprint density at radius 2 is 1.73 bits per heavy atom. The van der Waals surface area contributed by atoms with E-state index in [9.17, 15) is 14.4 Å². The molecule has 0 atom stereocenters. The van der Waals surface area contributed by atoms with Gasteiger partial charge in [-0.05, 0) is 59.7 Å². The van der Waals surface area contributed by atoms with Gasteiger partial charge in [-0.3, -0.25) is 14.9 Å². The fourth-order valence-electron chi connectivity index (χ4n) is 3.14. The predicted octanol–water partition coefficient (Wildman–Crippen LogP) is 6.00. The summed E-state index contributed by atoms with van der Waals surface area (Å²) in [6.07, 6.45) is 1.37. The fourth-order valence-corrected chi connectivity index (χ4v) is 3.83. The molecular weight excluding hydrogens is 531 g/mol. The minimum atomic E-state index is -0.848. The second kappa shape index (κ2) is 9.79. The van der Waals surface area contributed by atoms with Crippen LogP contribution >= 0.6 is 39.1 Å². The van der Waals surface area contributed by atoms with Crippen molar-refractivity contribution in [3.8, 4) is 5.75 Å². The molecule has 0 radical (unpaired) electrons. The molecule has 4 amide bonds. The number of rotatable bonds is 5. The van der Waals surface area contributed by atoms with Crippen molar-refractivity contribution in [3.63, 3.8) is 0 Å². The number of nitrogens with one attached hydrogen (secondary N) is 1. The number of halogens is 3. The normalized spacial score (nSPS) is 15.1. The van der Waals surface area contributed by atoms with Gasteiger partial charge in [0.2, 0.25) is 0 Å². The number of urea groups is 1. The first-order chi connectivity index (χ1) is 15.8. The molecule has 1 saturated heterocycles. The van der Waals surface area contributed by atoms with E-state index in [1.807, 2.05) is 24.3 Å². The van der Waals surface area contributed by atoms with Crippen molar-refractivity contribution in [1.82, 2.24) is 5.32 Å². The number of amides is 4. The van der Waals surface area contributed by atoms with E-state index in [0.717, 1.165) is 14.9 Å². The van der Waals surface area contributed by atoms with Gasteiger partial charge in [-0.1, -0.05) is 63.4 Å². The van der Waals surface area contributed by atoms with Crippen LogP contribution in [0.15, 0.2) is 76.8 Å². The van der Waals surface area contributed by atoms with E-state index in [1.54, 1.807) is 36.4 Å². The summed E-state index contributed by atoms with van der Waals surface area (Å²) in [4.78, 5) is 38.5. The minimum absolute atomic E-state index is 0.214. The second-order valence-corrected chi connectivity index (χ2v) is 8.80. The molecule has 6 nitrogen and oxygen atoms in total. The molecule has 33 heavy (non-hydrogen) atoms. The number of ether oxygens (including phenoxy) is 1. The molecule has 1 heterocycles. The van der Waals surface area contributed by atoms with Gasteiger partial charge < -0.3 is 4.74 Å². The maximum Gasteiger partial charge on any atom is 0.335 e. The van der Waals surface area contributed by atoms with Crippen molar-refractivity contribution in [3.05, 3.63) is 97.9 Å². The second-order valence-electron chi connectivity index (χ2n) is 7.04. The number of carbonyl (C=O) groups excluding carboxylic acids is 3. The SMILES string of the molecule is O=C1NC(=O)N(c2cccc(Cl)c2)C(=O)/C1=C/c1ccc(OCc2ccc(Br)cc2)c(Cl)c1. The highest BCUT2D eigenvalue weighted by Gasteiger charge is 2.36. The lowest BCUT2D eigenvalue weighted by atomic mass is 10.1. The zero-order valence-electron chi connectivity index (χ0n) is 16.8. The topological polar surface area (TPSA) is 75.7 Å². The van der Waals surface area contributed by atoms with E-state index in [1.165, 1.54) is 12.1 Å². The molecule has 1 fully saturated rings. The molecule has 3 aromatic carbocycles. The zero-order valence-corrected chi connectivity index (χ0v) is 19.9. The fraction of sp³-hybridized carbons (Fsp3) is 0.0417. The van der Waals surface area contributed by atoms with E-state index in [4.69, 9.17) is 27.9 Å². The molecule has 0 unspecified atom stereocenters. The third-order valence-corrected chi connectivity index (χ3v) is 5.80. The van der Waals surface area contributed by atoms with Crippen LogP contribution in [0.4, 0.5) is 10.5 Å². The van der Waals surface area contributed by atoms with E-state index in [0.29, 0.717) is 28.0 Å². The molecule has 1 N–H and O–H groups in total. The maximum atomic E-state index is 13.0. The van der Waals surface area contributed by atoms with Gasteiger partial charge in [0.1, 0.15) is 17.9 Å². The Bertz CT molecular complexity index is 1290. The van der Waals surface area contributed by atoms with E-state index in [-0.39, 0.29) is 11.3 Å². The standard InChI is InChI=1S/C24H15BrCl2N2O4/c25-16-7-4-14(5-8-16)13-33-21-9-6-15(11-20(21)27)10-19-22(30)28-24(32)29(23(19)31)18-3-1-2-17(26)12-18/h1-12H,13H2,(H,28,30,32)/b19-10+. The summed E-state index contributed by atoms with van der Waals surface area (Å²) in [6.45, 7) is 0.324. The Labute approximate surface area is 207 Å². The number of hydrogen-bond acceptors (Lipinski definition) is 4. The largest absolute Gasteiger partial charge is 0.487 e. The van der Waals surface area contributed by atoms with Crippen LogP contribution in [0.5, 0.6) is 5.75 Å². The lowest BCUT2D eigenvalue weighted by Crippen LogP contribution is -2.54. The lowest BCUT2D eigenvalue weighted by molar-refractivity contribution is -0.122. The van der Waals surface area contributed by atoms with Gasteiger partial charge >= 0.3 is 6.03 Å².